The molecule has 7 heteroatoms. The summed E-state index contributed by atoms with van der Waals surface area (Å²) in [4.78, 5) is 23.3. The van der Waals surface area contributed by atoms with Crippen molar-refractivity contribution in [2.75, 3.05) is 18.5 Å². The van der Waals surface area contributed by atoms with Crippen molar-refractivity contribution in [3.05, 3.63) is 58.1 Å². The first-order valence-corrected chi connectivity index (χ1v) is 7.79. The lowest BCUT2D eigenvalue weighted by atomic mass is 10.2. The fourth-order valence-electron chi connectivity index (χ4n) is 1.74. The highest BCUT2D eigenvalue weighted by Gasteiger charge is 2.10. The zero-order valence-corrected chi connectivity index (χ0v) is 14.4. The average Bonchev–Trinajstić information content (AvgIpc) is 2.56. The van der Waals surface area contributed by atoms with Crippen LogP contribution < -0.4 is 10.1 Å². The summed E-state index contributed by atoms with van der Waals surface area (Å²) in [6, 6.07) is 11.9. The van der Waals surface area contributed by atoms with Gasteiger partial charge in [0.15, 0.2) is 13.2 Å². The van der Waals surface area contributed by atoms with Crippen molar-refractivity contribution < 1.29 is 19.1 Å². The highest BCUT2D eigenvalue weighted by molar-refractivity contribution is 6.35. The van der Waals surface area contributed by atoms with E-state index >= 15 is 0 Å². The van der Waals surface area contributed by atoms with Crippen LogP contribution in [0.1, 0.15) is 5.56 Å². The number of carbonyl (C=O) groups excluding carboxylic acids is 2. The summed E-state index contributed by atoms with van der Waals surface area (Å²) >= 11 is 11.8. The number of carbonyl (C=O) groups is 2. The molecule has 0 radical (unpaired) electrons. The zero-order valence-electron chi connectivity index (χ0n) is 12.8. The summed E-state index contributed by atoms with van der Waals surface area (Å²) in [5.74, 6) is -0.626. The summed E-state index contributed by atoms with van der Waals surface area (Å²) in [5, 5.41) is 3.28. The number of nitrogens with one attached hydrogen (secondary N) is 1. The van der Waals surface area contributed by atoms with Crippen LogP contribution in [-0.2, 0) is 14.3 Å². The Morgan fingerprint density at radius 2 is 1.75 bits per heavy atom. The van der Waals surface area contributed by atoms with Crippen LogP contribution in [0.15, 0.2) is 42.5 Å². The van der Waals surface area contributed by atoms with Gasteiger partial charge in [0, 0.05) is 5.02 Å². The molecule has 0 spiro atoms. The summed E-state index contributed by atoms with van der Waals surface area (Å²) < 4.78 is 10.1. The number of esters is 1. The van der Waals surface area contributed by atoms with Gasteiger partial charge in [0.05, 0.1) is 10.7 Å². The van der Waals surface area contributed by atoms with Gasteiger partial charge in [-0.1, -0.05) is 40.9 Å². The van der Waals surface area contributed by atoms with Crippen molar-refractivity contribution in [1.82, 2.24) is 0 Å². The van der Waals surface area contributed by atoms with E-state index in [1.54, 1.807) is 24.3 Å². The number of benzene rings is 2. The lowest BCUT2D eigenvalue weighted by Crippen LogP contribution is -2.23. The second-order valence-electron chi connectivity index (χ2n) is 4.93. The standard InChI is InChI=1S/C17H15Cl2NO4/c1-11-2-5-13(6-3-11)23-10-17(22)24-9-16(21)20-15-8-12(18)4-7-14(15)19/h2-8H,9-10H2,1H3,(H,20,21). The maximum absolute atomic E-state index is 11.8. The van der Waals surface area contributed by atoms with Crippen molar-refractivity contribution in [1.29, 1.82) is 0 Å². The quantitative estimate of drug-likeness (QED) is 0.787. The van der Waals surface area contributed by atoms with Crippen molar-refractivity contribution in [2.24, 2.45) is 0 Å². The normalized spacial score (nSPS) is 10.1. The highest BCUT2D eigenvalue weighted by Crippen LogP contribution is 2.25. The third-order valence-electron chi connectivity index (χ3n) is 2.94. The van der Waals surface area contributed by atoms with Gasteiger partial charge >= 0.3 is 5.97 Å². The monoisotopic (exact) mass is 367 g/mol. The van der Waals surface area contributed by atoms with E-state index in [1.807, 2.05) is 19.1 Å². The Kier molecular flexibility index (Phi) is 6.46. The lowest BCUT2D eigenvalue weighted by molar-refractivity contribution is -0.149. The molecule has 2 rings (SSSR count). The van der Waals surface area contributed by atoms with Gasteiger partial charge in [0.2, 0.25) is 0 Å². The van der Waals surface area contributed by atoms with Gasteiger partial charge < -0.3 is 14.8 Å². The summed E-state index contributed by atoms with van der Waals surface area (Å²) in [5.41, 5.74) is 1.43. The van der Waals surface area contributed by atoms with Crippen LogP contribution in [0.25, 0.3) is 0 Å². The van der Waals surface area contributed by atoms with Crippen LogP contribution in [0.4, 0.5) is 5.69 Å². The first-order valence-electron chi connectivity index (χ1n) is 7.04. The van der Waals surface area contributed by atoms with E-state index in [4.69, 9.17) is 32.7 Å². The van der Waals surface area contributed by atoms with Crippen LogP contribution in [-0.4, -0.2) is 25.1 Å². The smallest absolute Gasteiger partial charge is 0.344 e. The van der Waals surface area contributed by atoms with Gasteiger partial charge in [-0.25, -0.2) is 4.79 Å². The van der Waals surface area contributed by atoms with Gasteiger partial charge in [-0.2, -0.15) is 0 Å². The molecule has 2 aromatic carbocycles. The number of rotatable bonds is 6. The first kappa shape index (κ1) is 18.1. The minimum atomic E-state index is -0.650. The predicted octanol–water partition coefficient (Wildman–Crippen LogP) is 3.86. The molecule has 0 bridgehead atoms. The third kappa shape index (κ3) is 5.76. The van der Waals surface area contributed by atoms with Crippen molar-refractivity contribution in [3.8, 4) is 5.75 Å². The van der Waals surface area contributed by atoms with Gasteiger partial charge in [0.1, 0.15) is 5.75 Å². The number of anilines is 1. The second kappa shape index (κ2) is 8.57. The lowest BCUT2D eigenvalue weighted by Gasteiger charge is -2.09. The molecule has 1 N–H and O–H groups in total. The Hall–Kier alpha value is -2.24. The van der Waals surface area contributed by atoms with Crippen LogP contribution in [0.5, 0.6) is 5.75 Å². The van der Waals surface area contributed by atoms with Crippen molar-refractivity contribution in [2.45, 2.75) is 6.92 Å². The fourth-order valence-corrected chi connectivity index (χ4v) is 2.08. The molecule has 1 amide bonds. The van der Waals surface area contributed by atoms with Crippen LogP contribution >= 0.6 is 23.2 Å². The first-order chi connectivity index (χ1) is 11.4. The molecule has 0 fully saturated rings. The largest absolute Gasteiger partial charge is 0.482 e. The molecule has 2 aromatic rings. The number of ether oxygens (including phenoxy) is 2. The van der Waals surface area contributed by atoms with Crippen LogP contribution in [0.2, 0.25) is 10.0 Å². The van der Waals surface area contributed by atoms with E-state index in [0.717, 1.165) is 5.56 Å². The maximum atomic E-state index is 11.8. The number of aryl methyl sites for hydroxylation is 1. The number of hydrogen-bond donors (Lipinski definition) is 1. The molecule has 5 nitrogen and oxygen atoms in total. The second-order valence-corrected chi connectivity index (χ2v) is 5.78. The van der Waals surface area contributed by atoms with Gasteiger partial charge in [-0.3, -0.25) is 4.79 Å². The number of halogens is 2. The van der Waals surface area contributed by atoms with E-state index in [1.165, 1.54) is 6.07 Å². The van der Waals surface area contributed by atoms with E-state index in [-0.39, 0.29) is 6.61 Å². The molecular weight excluding hydrogens is 353 g/mol. The molecule has 0 aromatic heterocycles. The van der Waals surface area contributed by atoms with Crippen molar-refractivity contribution in [3.63, 3.8) is 0 Å². The molecule has 0 atom stereocenters. The molecule has 0 saturated carbocycles. The maximum Gasteiger partial charge on any atom is 0.344 e. The Morgan fingerprint density at radius 1 is 1.04 bits per heavy atom. The molecule has 0 aliphatic rings. The van der Waals surface area contributed by atoms with Crippen LogP contribution in [0.3, 0.4) is 0 Å². The van der Waals surface area contributed by atoms with Gasteiger partial charge in [-0.15, -0.1) is 0 Å². The molecule has 0 saturated heterocycles. The molecule has 0 aliphatic heterocycles. The molecular formula is C17H15Cl2NO4. The Labute approximate surface area is 149 Å². The summed E-state index contributed by atoms with van der Waals surface area (Å²) in [6.07, 6.45) is 0. The number of hydrogen-bond acceptors (Lipinski definition) is 4. The summed E-state index contributed by atoms with van der Waals surface area (Å²) in [6.45, 7) is 1.22. The van der Waals surface area contributed by atoms with E-state index in [0.29, 0.717) is 21.5 Å². The highest BCUT2D eigenvalue weighted by atomic mass is 35.5. The Morgan fingerprint density at radius 3 is 2.46 bits per heavy atom. The zero-order chi connectivity index (χ0) is 17.5. The van der Waals surface area contributed by atoms with E-state index < -0.39 is 18.5 Å². The SMILES string of the molecule is Cc1ccc(OCC(=O)OCC(=O)Nc2cc(Cl)ccc2Cl)cc1. The molecule has 24 heavy (non-hydrogen) atoms. The molecule has 126 valence electrons. The topological polar surface area (TPSA) is 64.6 Å². The van der Waals surface area contributed by atoms with Crippen molar-refractivity contribution >= 4 is 40.8 Å². The van der Waals surface area contributed by atoms with E-state index in [2.05, 4.69) is 5.32 Å². The van der Waals surface area contributed by atoms with E-state index in [9.17, 15) is 9.59 Å². The average molecular weight is 368 g/mol. The minimum absolute atomic E-state index is 0.283. The number of amides is 1. The van der Waals surface area contributed by atoms with Crippen LogP contribution in [0, 0.1) is 6.92 Å². The fraction of sp³-hybridized carbons (Fsp3) is 0.176. The molecule has 0 aliphatic carbocycles. The van der Waals surface area contributed by atoms with Gasteiger partial charge in [0.25, 0.3) is 5.91 Å². The third-order valence-corrected chi connectivity index (χ3v) is 3.51. The summed E-state index contributed by atoms with van der Waals surface area (Å²) in [7, 11) is 0. The molecule has 0 heterocycles. The molecule has 0 unspecified atom stereocenters. The predicted molar refractivity (Wildman–Crippen MR) is 92.7 cm³/mol. The Balaban J connectivity index is 1.75. The minimum Gasteiger partial charge on any atom is -0.482 e. The van der Waals surface area contributed by atoms with Gasteiger partial charge in [-0.05, 0) is 37.3 Å². The Bertz CT molecular complexity index is 732.